The summed E-state index contributed by atoms with van der Waals surface area (Å²) in [5.41, 5.74) is 2.33. The molecule has 2 aliphatic rings. The molecule has 3 rings (SSSR count). The maximum absolute atomic E-state index is 9.40. The molecule has 1 aromatic heterocycles. The Balaban J connectivity index is 1.61. The first kappa shape index (κ1) is 15.0. The van der Waals surface area contributed by atoms with Gasteiger partial charge in [0.25, 0.3) is 0 Å². The van der Waals surface area contributed by atoms with Gasteiger partial charge in [-0.3, -0.25) is 9.80 Å². The highest BCUT2D eigenvalue weighted by atomic mass is 16.3. The first-order valence-corrected chi connectivity index (χ1v) is 8.35. The summed E-state index contributed by atoms with van der Waals surface area (Å²) in [4.78, 5) is 12.7. The van der Waals surface area contributed by atoms with Gasteiger partial charge in [0.05, 0.1) is 12.0 Å². The summed E-state index contributed by atoms with van der Waals surface area (Å²) in [5.74, 6) is 0. The smallest absolute Gasteiger partial charge is 0.0925 e. The second kappa shape index (κ2) is 6.90. The summed E-state index contributed by atoms with van der Waals surface area (Å²) in [6, 6.07) is 1.27. The van der Waals surface area contributed by atoms with Crippen LogP contribution in [-0.2, 0) is 6.54 Å². The van der Waals surface area contributed by atoms with Crippen LogP contribution in [0.1, 0.15) is 43.5 Å². The molecule has 2 N–H and O–H groups in total. The Morgan fingerprint density at radius 1 is 1.33 bits per heavy atom. The lowest BCUT2D eigenvalue weighted by molar-refractivity contribution is 0.0262. The van der Waals surface area contributed by atoms with Crippen LogP contribution in [0.4, 0.5) is 0 Å². The zero-order chi connectivity index (χ0) is 14.7. The highest BCUT2D eigenvalue weighted by molar-refractivity contribution is 5.08. The van der Waals surface area contributed by atoms with Crippen LogP contribution < -0.4 is 0 Å². The first-order chi connectivity index (χ1) is 10.3. The number of aliphatic hydroxyl groups is 1. The van der Waals surface area contributed by atoms with Gasteiger partial charge < -0.3 is 10.1 Å². The fraction of sp³-hybridized carbons (Fsp3) is 0.812. The number of aryl methyl sites for hydroxylation is 1. The Bertz CT molecular complexity index is 441. The molecule has 0 amide bonds. The van der Waals surface area contributed by atoms with E-state index in [1.54, 1.807) is 6.33 Å². The SMILES string of the molecule is Cc1[nH]cnc1CN1CCN(C2CCCC2)[C@H](CCO)C1. The van der Waals surface area contributed by atoms with Gasteiger partial charge in [-0.05, 0) is 26.2 Å². The lowest BCUT2D eigenvalue weighted by Crippen LogP contribution is -2.56. The summed E-state index contributed by atoms with van der Waals surface area (Å²) in [7, 11) is 0. The number of hydrogen-bond acceptors (Lipinski definition) is 4. The average molecular weight is 292 g/mol. The molecule has 1 aliphatic carbocycles. The molecule has 21 heavy (non-hydrogen) atoms. The largest absolute Gasteiger partial charge is 0.396 e. The predicted octanol–water partition coefficient (Wildman–Crippen LogP) is 1.53. The van der Waals surface area contributed by atoms with Gasteiger partial charge in [-0.25, -0.2) is 4.98 Å². The minimum absolute atomic E-state index is 0.295. The second-order valence-corrected chi connectivity index (χ2v) is 6.55. The van der Waals surface area contributed by atoms with Crippen LogP contribution >= 0.6 is 0 Å². The van der Waals surface area contributed by atoms with Crippen LogP contribution in [0.3, 0.4) is 0 Å². The van der Waals surface area contributed by atoms with Crippen LogP contribution in [-0.4, -0.2) is 63.2 Å². The Morgan fingerprint density at radius 2 is 2.14 bits per heavy atom. The fourth-order valence-corrected chi connectivity index (χ4v) is 3.96. The molecule has 5 nitrogen and oxygen atoms in total. The second-order valence-electron chi connectivity index (χ2n) is 6.55. The lowest BCUT2D eigenvalue weighted by Gasteiger charge is -2.44. The van der Waals surface area contributed by atoms with Crippen molar-refractivity contribution in [1.29, 1.82) is 0 Å². The molecule has 0 radical (unpaired) electrons. The molecule has 5 heteroatoms. The van der Waals surface area contributed by atoms with Crippen LogP contribution in [0.15, 0.2) is 6.33 Å². The van der Waals surface area contributed by atoms with Crippen molar-refractivity contribution in [3.63, 3.8) is 0 Å². The van der Waals surface area contributed by atoms with Crippen molar-refractivity contribution < 1.29 is 5.11 Å². The van der Waals surface area contributed by atoms with Crippen LogP contribution in [0.2, 0.25) is 0 Å². The number of piperazine rings is 1. The number of rotatable bonds is 5. The molecule has 2 fully saturated rings. The third-order valence-electron chi connectivity index (χ3n) is 5.18. The number of aromatic nitrogens is 2. The van der Waals surface area contributed by atoms with Crippen molar-refractivity contribution in [2.45, 2.75) is 57.7 Å². The third-order valence-corrected chi connectivity index (χ3v) is 5.18. The molecule has 118 valence electrons. The van der Waals surface area contributed by atoms with E-state index in [1.807, 2.05) is 0 Å². The van der Waals surface area contributed by atoms with E-state index in [9.17, 15) is 5.11 Å². The van der Waals surface area contributed by atoms with Gasteiger partial charge in [-0.1, -0.05) is 12.8 Å². The number of H-pyrrole nitrogens is 1. The molecule has 1 aliphatic heterocycles. The Morgan fingerprint density at radius 3 is 2.81 bits per heavy atom. The van der Waals surface area contributed by atoms with E-state index < -0.39 is 0 Å². The normalized spacial score (nSPS) is 25.7. The number of nitrogens with one attached hydrogen (secondary N) is 1. The molecule has 0 spiro atoms. The standard InChI is InChI=1S/C16H28N4O/c1-13-16(18-12-17-13)11-19-7-8-20(14-4-2-3-5-14)15(10-19)6-9-21/h12,14-15,21H,2-11H2,1H3,(H,17,18)/t15-/m1/s1. The van der Waals surface area contributed by atoms with Crippen LogP contribution in [0.5, 0.6) is 0 Å². The molecule has 2 heterocycles. The summed E-state index contributed by atoms with van der Waals surface area (Å²) in [5, 5.41) is 9.40. The van der Waals surface area contributed by atoms with E-state index >= 15 is 0 Å². The monoisotopic (exact) mass is 292 g/mol. The van der Waals surface area contributed by atoms with Gasteiger partial charge in [0.2, 0.25) is 0 Å². The Kier molecular flexibility index (Phi) is 4.93. The molecule has 0 aromatic carbocycles. The van der Waals surface area contributed by atoms with E-state index in [1.165, 1.54) is 31.4 Å². The maximum Gasteiger partial charge on any atom is 0.0925 e. The topological polar surface area (TPSA) is 55.4 Å². The minimum atomic E-state index is 0.295. The zero-order valence-corrected chi connectivity index (χ0v) is 13.1. The van der Waals surface area contributed by atoms with Gasteiger partial charge in [0.15, 0.2) is 0 Å². The van der Waals surface area contributed by atoms with Gasteiger partial charge in [-0.15, -0.1) is 0 Å². The van der Waals surface area contributed by atoms with E-state index in [0.29, 0.717) is 12.6 Å². The van der Waals surface area contributed by atoms with Crippen molar-refractivity contribution in [2.24, 2.45) is 0 Å². The maximum atomic E-state index is 9.40. The van der Waals surface area contributed by atoms with E-state index in [0.717, 1.165) is 44.3 Å². The molecule has 1 atom stereocenters. The van der Waals surface area contributed by atoms with Crippen molar-refractivity contribution in [2.75, 3.05) is 26.2 Å². The first-order valence-electron chi connectivity index (χ1n) is 8.35. The highest BCUT2D eigenvalue weighted by Gasteiger charge is 2.33. The summed E-state index contributed by atoms with van der Waals surface area (Å²) >= 11 is 0. The van der Waals surface area contributed by atoms with E-state index in [-0.39, 0.29) is 0 Å². The third kappa shape index (κ3) is 3.47. The lowest BCUT2D eigenvalue weighted by atomic mass is 10.0. The molecule has 0 bridgehead atoms. The summed E-state index contributed by atoms with van der Waals surface area (Å²) < 4.78 is 0. The predicted molar refractivity (Wildman–Crippen MR) is 83.1 cm³/mol. The van der Waals surface area contributed by atoms with Crippen LogP contribution in [0, 0.1) is 6.92 Å². The van der Waals surface area contributed by atoms with Crippen LogP contribution in [0.25, 0.3) is 0 Å². The van der Waals surface area contributed by atoms with Crippen molar-refractivity contribution in [1.82, 2.24) is 19.8 Å². The van der Waals surface area contributed by atoms with E-state index in [4.69, 9.17) is 0 Å². The summed E-state index contributed by atoms with van der Waals surface area (Å²) in [6.45, 7) is 6.62. The van der Waals surface area contributed by atoms with Crippen molar-refractivity contribution >= 4 is 0 Å². The molecule has 1 aromatic rings. The summed E-state index contributed by atoms with van der Waals surface area (Å²) in [6.07, 6.45) is 8.13. The minimum Gasteiger partial charge on any atom is -0.396 e. The van der Waals surface area contributed by atoms with Gasteiger partial charge in [0.1, 0.15) is 0 Å². The zero-order valence-electron chi connectivity index (χ0n) is 13.1. The number of hydrogen-bond donors (Lipinski definition) is 2. The number of nitrogens with zero attached hydrogens (tertiary/aromatic N) is 3. The molecule has 1 saturated carbocycles. The molecule has 1 saturated heterocycles. The molecule has 0 unspecified atom stereocenters. The highest BCUT2D eigenvalue weighted by Crippen LogP contribution is 2.28. The number of imidazole rings is 1. The Hall–Kier alpha value is -0.910. The van der Waals surface area contributed by atoms with Gasteiger partial charge in [0, 0.05) is 50.6 Å². The Labute approximate surface area is 127 Å². The van der Waals surface area contributed by atoms with Crippen molar-refractivity contribution in [3.05, 3.63) is 17.7 Å². The number of aliphatic hydroxyl groups excluding tert-OH is 1. The number of aromatic amines is 1. The van der Waals surface area contributed by atoms with Gasteiger partial charge >= 0.3 is 0 Å². The molecular formula is C16H28N4O. The van der Waals surface area contributed by atoms with Crippen molar-refractivity contribution in [3.8, 4) is 0 Å². The van der Waals surface area contributed by atoms with Gasteiger partial charge in [-0.2, -0.15) is 0 Å². The van der Waals surface area contributed by atoms with E-state index in [2.05, 4.69) is 26.7 Å². The fourth-order valence-electron chi connectivity index (χ4n) is 3.96. The molecular weight excluding hydrogens is 264 g/mol. The quantitative estimate of drug-likeness (QED) is 0.864. The average Bonchev–Trinajstić information content (AvgIpc) is 3.13.